The van der Waals surface area contributed by atoms with Crippen LogP contribution in [0.1, 0.15) is 16.2 Å². The Morgan fingerprint density at radius 3 is 2.95 bits per heavy atom. The molecule has 0 aliphatic carbocycles. The van der Waals surface area contributed by atoms with E-state index in [4.69, 9.17) is 0 Å². The molecule has 0 spiro atoms. The second kappa shape index (κ2) is 6.96. The number of fused-ring (bicyclic) bond motifs is 1. The molecule has 0 saturated carbocycles. The molecule has 0 bridgehead atoms. The summed E-state index contributed by atoms with van der Waals surface area (Å²) in [6.07, 6.45) is 4.35. The molecule has 6 nitrogen and oxygen atoms in total. The topological polar surface area (TPSA) is 71.0 Å². The molecule has 0 aromatic carbocycles. The predicted molar refractivity (Wildman–Crippen MR) is 82.5 cm³/mol. The van der Waals surface area contributed by atoms with Gasteiger partial charge in [-0.1, -0.05) is 11.3 Å². The molecule has 0 radical (unpaired) electrons. The van der Waals surface area contributed by atoms with Crippen molar-refractivity contribution < 1.29 is 4.79 Å². The Labute approximate surface area is 126 Å². The largest absolute Gasteiger partial charge is 0.350 e. The second-order valence-electron chi connectivity index (χ2n) is 4.47. The van der Waals surface area contributed by atoms with Crippen LogP contribution in [-0.2, 0) is 0 Å². The van der Waals surface area contributed by atoms with E-state index in [2.05, 4.69) is 25.2 Å². The highest BCUT2D eigenvalue weighted by Gasteiger charge is 2.15. The lowest BCUT2D eigenvalue weighted by molar-refractivity contribution is 0.0952. The number of hydrogen-bond donors (Lipinski definition) is 1. The first-order valence-electron chi connectivity index (χ1n) is 6.20. The fourth-order valence-corrected chi connectivity index (χ4v) is 3.03. The molecule has 108 valence electrons. The fraction of sp³-hybridized carbons (Fsp3) is 0.500. The van der Waals surface area contributed by atoms with Crippen molar-refractivity contribution in [3.63, 3.8) is 0 Å². The van der Waals surface area contributed by atoms with E-state index in [0.29, 0.717) is 17.1 Å². The molecule has 0 aliphatic heterocycles. The van der Waals surface area contributed by atoms with Crippen LogP contribution in [0.2, 0.25) is 0 Å². The molecular weight excluding hydrogens is 294 g/mol. The number of nitrogens with zero attached hydrogens (tertiary/aromatic N) is 4. The first-order valence-corrected chi connectivity index (χ1v) is 8.24. The zero-order valence-corrected chi connectivity index (χ0v) is 13.3. The molecule has 0 unspecified atom stereocenters. The van der Waals surface area contributed by atoms with Gasteiger partial charge in [-0.3, -0.25) is 4.79 Å². The van der Waals surface area contributed by atoms with E-state index in [-0.39, 0.29) is 5.91 Å². The summed E-state index contributed by atoms with van der Waals surface area (Å²) in [5.41, 5.74) is 0.712. The maximum Gasteiger partial charge on any atom is 0.280 e. The van der Waals surface area contributed by atoms with Crippen LogP contribution in [0.4, 0.5) is 0 Å². The van der Waals surface area contributed by atoms with E-state index >= 15 is 0 Å². The van der Waals surface area contributed by atoms with E-state index in [1.54, 1.807) is 0 Å². The van der Waals surface area contributed by atoms with Crippen LogP contribution in [0.5, 0.6) is 0 Å². The number of carbonyl (C=O) groups is 1. The van der Waals surface area contributed by atoms with Crippen LogP contribution in [0.3, 0.4) is 0 Å². The highest BCUT2D eigenvalue weighted by atomic mass is 32.2. The monoisotopic (exact) mass is 311 g/mol. The van der Waals surface area contributed by atoms with Crippen LogP contribution in [0.25, 0.3) is 10.3 Å². The zero-order valence-electron chi connectivity index (χ0n) is 11.7. The van der Waals surface area contributed by atoms with Gasteiger partial charge in [0.2, 0.25) is 0 Å². The van der Waals surface area contributed by atoms with E-state index in [0.717, 1.165) is 22.8 Å². The summed E-state index contributed by atoms with van der Waals surface area (Å²) in [6, 6.07) is 0. The number of rotatable bonds is 6. The van der Waals surface area contributed by atoms with E-state index < -0.39 is 0 Å². The lowest BCUT2D eigenvalue weighted by atomic mass is 10.4. The third-order valence-corrected chi connectivity index (χ3v) is 4.26. The van der Waals surface area contributed by atoms with E-state index in [1.165, 1.54) is 29.4 Å². The number of hydrogen-bond acceptors (Lipinski definition) is 7. The Bertz CT molecular complexity index is 599. The molecule has 8 heteroatoms. The predicted octanol–water partition coefficient (Wildman–Crippen LogP) is 1.49. The number of carbonyl (C=O) groups excluding carboxylic acids is 1. The molecule has 0 saturated heterocycles. The summed E-state index contributed by atoms with van der Waals surface area (Å²) in [5.74, 6) is -0.140. The van der Waals surface area contributed by atoms with Crippen LogP contribution < -0.4 is 5.32 Å². The van der Waals surface area contributed by atoms with Gasteiger partial charge in [0.1, 0.15) is 21.7 Å². The first kappa shape index (κ1) is 15.1. The fourth-order valence-electron chi connectivity index (χ4n) is 1.65. The van der Waals surface area contributed by atoms with Gasteiger partial charge in [0.05, 0.1) is 0 Å². The molecule has 1 N–H and O–H groups in total. The van der Waals surface area contributed by atoms with Crippen molar-refractivity contribution in [2.75, 3.05) is 33.4 Å². The van der Waals surface area contributed by atoms with Gasteiger partial charge < -0.3 is 10.2 Å². The molecule has 0 atom stereocenters. The molecule has 1 amide bonds. The van der Waals surface area contributed by atoms with Gasteiger partial charge in [0.25, 0.3) is 5.91 Å². The van der Waals surface area contributed by atoms with Crippen molar-refractivity contribution in [1.29, 1.82) is 0 Å². The number of nitrogens with one attached hydrogen (secondary N) is 1. The molecule has 2 heterocycles. The lowest BCUT2D eigenvalue weighted by Gasteiger charge is -2.08. The highest BCUT2D eigenvalue weighted by molar-refractivity contribution is 7.98. The minimum absolute atomic E-state index is 0.140. The first-order chi connectivity index (χ1) is 9.61. The Morgan fingerprint density at radius 2 is 2.25 bits per heavy atom. The minimum Gasteiger partial charge on any atom is -0.350 e. The van der Waals surface area contributed by atoms with Crippen molar-refractivity contribution in [2.45, 2.75) is 11.4 Å². The number of thioether (sulfide) groups is 1. The molecule has 2 aromatic heterocycles. The van der Waals surface area contributed by atoms with Crippen LogP contribution in [0, 0.1) is 0 Å². The van der Waals surface area contributed by atoms with Crippen LogP contribution >= 0.6 is 23.1 Å². The molecule has 20 heavy (non-hydrogen) atoms. The van der Waals surface area contributed by atoms with Gasteiger partial charge in [-0.2, -0.15) is 0 Å². The Balaban J connectivity index is 2.03. The van der Waals surface area contributed by atoms with Crippen molar-refractivity contribution in [2.24, 2.45) is 0 Å². The second-order valence-corrected chi connectivity index (χ2v) is 6.24. The number of amides is 1. The van der Waals surface area contributed by atoms with Gasteiger partial charge in [-0.25, -0.2) is 15.0 Å². The van der Waals surface area contributed by atoms with Crippen LogP contribution in [0.15, 0.2) is 11.4 Å². The summed E-state index contributed by atoms with van der Waals surface area (Å²) in [6.45, 7) is 1.59. The lowest BCUT2D eigenvalue weighted by Crippen LogP contribution is -2.26. The third-order valence-electron chi connectivity index (χ3n) is 2.62. The molecule has 0 aliphatic rings. The van der Waals surface area contributed by atoms with Gasteiger partial charge >= 0.3 is 0 Å². The molecule has 2 rings (SSSR count). The number of thiazole rings is 1. The molecule has 0 fully saturated rings. The van der Waals surface area contributed by atoms with Gasteiger partial charge in [0, 0.05) is 6.54 Å². The number of aromatic nitrogens is 3. The quantitative estimate of drug-likeness (QED) is 0.495. The maximum absolute atomic E-state index is 12.0. The summed E-state index contributed by atoms with van der Waals surface area (Å²) >= 11 is 2.81. The minimum atomic E-state index is -0.140. The van der Waals surface area contributed by atoms with Crippen molar-refractivity contribution in [3.8, 4) is 0 Å². The molecular formula is C12H17N5OS2. The Morgan fingerprint density at radius 1 is 1.45 bits per heavy atom. The van der Waals surface area contributed by atoms with Gasteiger partial charge in [-0.05, 0) is 33.3 Å². The summed E-state index contributed by atoms with van der Waals surface area (Å²) in [7, 11) is 4.02. The van der Waals surface area contributed by atoms with Crippen molar-refractivity contribution in [3.05, 3.63) is 11.3 Å². The van der Waals surface area contributed by atoms with E-state index in [1.807, 2.05) is 20.4 Å². The Hall–Kier alpha value is -1.25. The normalized spacial score (nSPS) is 11.2. The summed E-state index contributed by atoms with van der Waals surface area (Å²) < 4.78 is 0. The van der Waals surface area contributed by atoms with Gasteiger partial charge in [0.15, 0.2) is 5.01 Å². The average Bonchev–Trinajstić information content (AvgIpc) is 2.87. The smallest absolute Gasteiger partial charge is 0.280 e. The Kier molecular flexibility index (Phi) is 5.27. The van der Waals surface area contributed by atoms with Crippen LogP contribution in [-0.4, -0.2) is 59.2 Å². The highest BCUT2D eigenvalue weighted by Crippen LogP contribution is 2.26. The van der Waals surface area contributed by atoms with Crippen molar-refractivity contribution >= 4 is 39.4 Å². The SMILES string of the molecule is CSc1ncnc2sc(C(=O)NCCCN(C)C)nc12. The zero-order chi connectivity index (χ0) is 14.5. The third kappa shape index (κ3) is 3.65. The summed E-state index contributed by atoms with van der Waals surface area (Å²) in [5, 5.41) is 4.13. The average molecular weight is 311 g/mol. The summed E-state index contributed by atoms with van der Waals surface area (Å²) in [4.78, 5) is 27.5. The van der Waals surface area contributed by atoms with E-state index in [9.17, 15) is 4.79 Å². The van der Waals surface area contributed by atoms with Gasteiger partial charge in [-0.15, -0.1) is 11.8 Å². The maximum atomic E-state index is 12.0. The van der Waals surface area contributed by atoms with Crippen molar-refractivity contribution in [1.82, 2.24) is 25.2 Å². The molecule has 2 aromatic rings. The standard InChI is InChI=1S/C12H17N5OS2/c1-17(2)6-4-5-13-9(18)12-16-8-10(19-3)14-7-15-11(8)20-12/h7H,4-6H2,1-3H3,(H,13,18).